The molecule has 0 fully saturated rings. The van der Waals surface area contributed by atoms with Gasteiger partial charge in [0.1, 0.15) is 13.2 Å². The van der Waals surface area contributed by atoms with E-state index in [1.807, 2.05) is 6.08 Å². The Hall–Kier alpha value is -3.41. The highest BCUT2D eigenvalue weighted by Crippen LogP contribution is 2.13. The van der Waals surface area contributed by atoms with Gasteiger partial charge in [-0.05, 0) is 96.3 Å². The molecule has 0 bridgehead atoms. The molecule has 6 nitrogen and oxygen atoms in total. The van der Waals surface area contributed by atoms with E-state index in [0.29, 0.717) is 19.3 Å². The van der Waals surface area contributed by atoms with Crippen molar-refractivity contribution in [1.82, 2.24) is 0 Å². The zero-order valence-electron chi connectivity index (χ0n) is 38.2. The molecule has 0 aliphatic heterocycles. The lowest BCUT2D eigenvalue weighted by atomic mass is 10.1. The van der Waals surface area contributed by atoms with Gasteiger partial charge in [-0.2, -0.15) is 0 Å². The topological polar surface area (TPSA) is 78.9 Å². The minimum Gasteiger partial charge on any atom is -0.462 e. The zero-order valence-corrected chi connectivity index (χ0v) is 38.2. The van der Waals surface area contributed by atoms with E-state index in [1.165, 1.54) is 64.2 Å². The van der Waals surface area contributed by atoms with E-state index >= 15 is 0 Å². The van der Waals surface area contributed by atoms with Gasteiger partial charge in [0.15, 0.2) is 6.10 Å². The normalized spacial score (nSPS) is 12.8. The SMILES string of the molecule is CC\C=C/C=C\C=C/CCCCCCCC(=O)OC(COC(=O)CCCC/C=C\C/C=C\C/C=C\CC)COC(=O)CCCCCCC/C=C\CCCCCCCCC. The Morgan fingerprint density at radius 2 is 0.746 bits per heavy atom. The number of carbonyl (C=O) groups is 3. The summed E-state index contributed by atoms with van der Waals surface area (Å²) in [7, 11) is 0. The van der Waals surface area contributed by atoms with Crippen LogP contribution in [0.25, 0.3) is 0 Å². The van der Waals surface area contributed by atoms with E-state index in [4.69, 9.17) is 14.2 Å². The largest absolute Gasteiger partial charge is 0.462 e. The molecule has 0 aliphatic rings. The number of rotatable bonds is 42. The van der Waals surface area contributed by atoms with Crippen molar-refractivity contribution in [2.45, 2.75) is 219 Å². The van der Waals surface area contributed by atoms with Gasteiger partial charge < -0.3 is 14.2 Å². The van der Waals surface area contributed by atoms with Crippen molar-refractivity contribution in [3.05, 3.63) is 85.1 Å². The van der Waals surface area contributed by atoms with Gasteiger partial charge in [0.2, 0.25) is 0 Å². The van der Waals surface area contributed by atoms with E-state index in [2.05, 4.69) is 99.8 Å². The number of hydrogen-bond donors (Lipinski definition) is 0. The maximum atomic E-state index is 12.7. The smallest absolute Gasteiger partial charge is 0.306 e. The summed E-state index contributed by atoms with van der Waals surface area (Å²) >= 11 is 0. The Balaban J connectivity index is 4.46. The molecular formula is C53H88O6. The van der Waals surface area contributed by atoms with Crippen LogP contribution in [0, 0.1) is 0 Å². The van der Waals surface area contributed by atoms with Gasteiger partial charge in [-0.25, -0.2) is 0 Å². The Labute approximate surface area is 363 Å². The fourth-order valence-corrected chi connectivity index (χ4v) is 6.33. The molecule has 0 saturated carbocycles. The fraction of sp³-hybridized carbons (Fsp3) is 0.679. The molecule has 59 heavy (non-hydrogen) atoms. The zero-order chi connectivity index (χ0) is 43.0. The molecule has 6 heteroatoms. The van der Waals surface area contributed by atoms with Crippen LogP contribution in [0.2, 0.25) is 0 Å². The van der Waals surface area contributed by atoms with Crippen molar-refractivity contribution in [2.24, 2.45) is 0 Å². The predicted octanol–water partition coefficient (Wildman–Crippen LogP) is 15.6. The second-order valence-corrected chi connectivity index (χ2v) is 15.7. The van der Waals surface area contributed by atoms with Crippen molar-refractivity contribution in [3.63, 3.8) is 0 Å². The molecule has 0 aromatic rings. The van der Waals surface area contributed by atoms with Crippen LogP contribution in [0.3, 0.4) is 0 Å². The van der Waals surface area contributed by atoms with Gasteiger partial charge >= 0.3 is 17.9 Å². The first-order valence-electron chi connectivity index (χ1n) is 24.1. The van der Waals surface area contributed by atoms with E-state index in [-0.39, 0.29) is 31.1 Å². The van der Waals surface area contributed by atoms with Gasteiger partial charge in [0.05, 0.1) is 0 Å². The molecule has 0 spiro atoms. The van der Waals surface area contributed by atoms with Crippen LogP contribution in [0.4, 0.5) is 0 Å². The van der Waals surface area contributed by atoms with Crippen LogP contribution in [0.1, 0.15) is 213 Å². The highest BCUT2D eigenvalue weighted by molar-refractivity contribution is 5.71. The summed E-state index contributed by atoms with van der Waals surface area (Å²) in [6.45, 7) is 6.31. The minimum absolute atomic E-state index is 0.102. The average molecular weight is 821 g/mol. The lowest BCUT2D eigenvalue weighted by molar-refractivity contribution is -0.167. The van der Waals surface area contributed by atoms with Crippen molar-refractivity contribution in [2.75, 3.05) is 13.2 Å². The number of allylic oxidation sites excluding steroid dienone is 14. The third-order valence-electron chi connectivity index (χ3n) is 9.93. The van der Waals surface area contributed by atoms with Crippen molar-refractivity contribution < 1.29 is 28.6 Å². The summed E-state index contributed by atoms with van der Waals surface area (Å²) in [5.74, 6) is -0.977. The monoisotopic (exact) mass is 821 g/mol. The molecule has 336 valence electrons. The number of carbonyl (C=O) groups excluding carboxylic acids is 3. The van der Waals surface area contributed by atoms with Crippen molar-refractivity contribution >= 4 is 17.9 Å². The fourth-order valence-electron chi connectivity index (χ4n) is 6.33. The first kappa shape index (κ1) is 55.6. The molecule has 0 radical (unpaired) electrons. The second kappa shape index (κ2) is 47.3. The third kappa shape index (κ3) is 45.5. The number of unbranched alkanes of at least 4 members (excludes halogenated alkanes) is 19. The van der Waals surface area contributed by atoms with Gasteiger partial charge in [0, 0.05) is 19.3 Å². The summed E-state index contributed by atoms with van der Waals surface area (Å²) in [6, 6.07) is 0. The van der Waals surface area contributed by atoms with Gasteiger partial charge in [-0.15, -0.1) is 0 Å². The summed E-state index contributed by atoms with van der Waals surface area (Å²) < 4.78 is 16.7. The van der Waals surface area contributed by atoms with Crippen LogP contribution in [0.15, 0.2) is 85.1 Å². The molecule has 0 heterocycles. The highest BCUT2D eigenvalue weighted by atomic mass is 16.6. The molecule has 1 atom stereocenters. The molecule has 1 unspecified atom stereocenters. The van der Waals surface area contributed by atoms with E-state index in [1.54, 1.807) is 0 Å². The van der Waals surface area contributed by atoms with Crippen LogP contribution in [-0.4, -0.2) is 37.2 Å². The molecule has 0 aliphatic carbocycles. The molecule has 0 amide bonds. The molecule has 0 aromatic carbocycles. The number of ether oxygens (including phenoxy) is 3. The summed E-state index contributed by atoms with van der Waals surface area (Å²) in [5, 5.41) is 0. The summed E-state index contributed by atoms with van der Waals surface area (Å²) in [6.07, 6.45) is 60.0. The third-order valence-corrected chi connectivity index (χ3v) is 9.93. The standard InChI is InChI=1S/C53H88O6/c1-4-7-10-13-16-19-22-25-26-27-29-31-34-37-40-43-46-52(55)58-49-50(48-57-51(54)45-42-39-36-33-30-24-21-18-15-12-9-6-3)59-53(56)47-44-41-38-35-32-28-23-20-17-14-11-8-5-2/h8-9,11-12,14,17-18,20-21,23,26-27,30,33,50H,4-7,10,13,15-16,19,22,24-25,28-29,31-32,34-49H2,1-3H3/b11-8-,12-9-,17-14-,21-18-,23-20-,27-26-,33-30-. The van der Waals surface area contributed by atoms with Crippen LogP contribution in [-0.2, 0) is 28.6 Å². The molecule has 0 aromatic heterocycles. The number of hydrogen-bond acceptors (Lipinski definition) is 6. The predicted molar refractivity (Wildman–Crippen MR) is 251 cm³/mol. The van der Waals surface area contributed by atoms with Crippen LogP contribution in [0.5, 0.6) is 0 Å². The van der Waals surface area contributed by atoms with E-state index in [0.717, 1.165) is 109 Å². The Kier molecular flexibility index (Phi) is 44.5. The Bertz CT molecular complexity index is 1170. The van der Waals surface area contributed by atoms with Crippen molar-refractivity contribution in [1.29, 1.82) is 0 Å². The van der Waals surface area contributed by atoms with Gasteiger partial charge in [-0.1, -0.05) is 183 Å². The maximum absolute atomic E-state index is 12.7. The average Bonchev–Trinajstić information content (AvgIpc) is 3.23. The van der Waals surface area contributed by atoms with E-state index < -0.39 is 6.10 Å². The molecule has 0 saturated heterocycles. The van der Waals surface area contributed by atoms with Crippen LogP contribution >= 0.6 is 0 Å². The second-order valence-electron chi connectivity index (χ2n) is 15.7. The van der Waals surface area contributed by atoms with E-state index in [9.17, 15) is 14.4 Å². The van der Waals surface area contributed by atoms with Crippen molar-refractivity contribution in [3.8, 4) is 0 Å². The first-order valence-corrected chi connectivity index (χ1v) is 24.1. The quantitative estimate of drug-likeness (QED) is 0.0201. The summed E-state index contributed by atoms with van der Waals surface area (Å²) in [5.41, 5.74) is 0. The first-order chi connectivity index (χ1) is 29.0. The lowest BCUT2D eigenvalue weighted by Crippen LogP contribution is -2.30. The highest BCUT2D eigenvalue weighted by Gasteiger charge is 2.19. The lowest BCUT2D eigenvalue weighted by Gasteiger charge is -2.18. The molecular weight excluding hydrogens is 733 g/mol. The summed E-state index contributed by atoms with van der Waals surface area (Å²) in [4.78, 5) is 37.8. The maximum Gasteiger partial charge on any atom is 0.306 e. The molecule has 0 N–H and O–H groups in total. The van der Waals surface area contributed by atoms with Crippen LogP contribution < -0.4 is 0 Å². The number of esters is 3. The van der Waals surface area contributed by atoms with Gasteiger partial charge in [0.25, 0.3) is 0 Å². The van der Waals surface area contributed by atoms with Gasteiger partial charge in [-0.3, -0.25) is 14.4 Å². The molecule has 0 rings (SSSR count). The Morgan fingerprint density at radius 3 is 1.27 bits per heavy atom. The minimum atomic E-state index is -0.805. The Morgan fingerprint density at radius 1 is 0.373 bits per heavy atom.